The largest absolute Gasteiger partial charge is 0.502 e. The molecule has 0 bridgehead atoms. The van der Waals surface area contributed by atoms with Gasteiger partial charge in [0.25, 0.3) is 5.91 Å². The van der Waals surface area contributed by atoms with Crippen LogP contribution in [-0.2, 0) is 4.74 Å². The van der Waals surface area contributed by atoms with E-state index >= 15 is 0 Å². The molecular weight excluding hydrogens is 300 g/mol. The normalized spacial score (nSPS) is 22.2. The van der Waals surface area contributed by atoms with E-state index in [4.69, 9.17) is 4.74 Å². The third-order valence-corrected chi connectivity index (χ3v) is 5.13. The van der Waals surface area contributed by atoms with Crippen molar-refractivity contribution >= 4 is 11.6 Å². The predicted molar refractivity (Wildman–Crippen MR) is 84.4 cm³/mol. The van der Waals surface area contributed by atoms with E-state index < -0.39 is 16.4 Å². The molecule has 1 aliphatic rings. The van der Waals surface area contributed by atoms with Gasteiger partial charge in [-0.25, -0.2) is 0 Å². The third-order valence-electron chi connectivity index (χ3n) is 5.13. The molecule has 0 unspecified atom stereocenters. The number of nitro benzene ring substituents is 1. The zero-order valence-electron chi connectivity index (χ0n) is 13.5. The highest BCUT2D eigenvalue weighted by molar-refractivity contribution is 5.95. The smallest absolute Gasteiger partial charge is 0.310 e. The zero-order valence-corrected chi connectivity index (χ0v) is 13.5. The Morgan fingerprint density at radius 1 is 1.48 bits per heavy atom. The van der Waals surface area contributed by atoms with Gasteiger partial charge in [-0.05, 0) is 31.4 Å². The van der Waals surface area contributed by atoms with Crippen LogP contribution in [0.1, 0.15) is 43.5 Å². The summed E-state index contributed by atoms with van der Waals surface area (Å²) in [7, 11) is 1.68. The summed E-state index contributed by atoms with van der Waals surface area (Å²) in [5.41, 5.74) is -0.302. The van der Waals surface area contributed by atoms with Gasteiger partial charge < -0.3 is 15.2 Å². The number of nitrogens with zero attached hydrogens (tertiary/aromatic N) is 1. The van der Waals surface area contributed by atoms with Gasteiger partial charge >= 0.3 is 5.69 Å². The van der Waals surface area contributed by atoms with Crippen molar-refractivity contribution in [2.45, 2.75) is 45.3 Å². The predicted octanol–water partition coefficient (Wildman–Crippen LogP) is 2.62. The Hall–Kier alpha value is -2.15. The minimum atomic E-state index is -0.689. The zero-order chi connectivity index (χ0) is 17.2. The van der Waals surface area contributed by atoms with Gasteiger partial charge in [-0.15, -0.1) is 0 Å². The maximum atomic E-state index is 12.4. The summed E-state index contributed by atoms with van der Waals surface area (Å²) in [6.45, 7) is 4.15. The summed E-state index contributed by atoms with van der Waals surface area (Å²) in [6, 6.07) is 3.60. The number of carbonyl (C=O) groups excluding carboxylic acids is 1. The first kappa shape index (κ1) is 17.2. The summed E-state index contributed by atoms with van der Waals surface area (Å²) in [6.07, 6.45) is 2.63. The lowest BCUT2D eigenvalue weighted by molar-refractivity contribution is -0.385. The summed E-state index contributed by atoms with van der Waals surface area (Å²) in [4.78, 5) is 22.4. The Labute approximate surface area is 134 Å². The number of phenols is 1. The van der Waals surface area contributed by atoms with Crippen LogP contribution in [0.4, 0.5) is 5.69 Å². The van der Waals surface area contributed by atoms with Gasteiger partial charge in [-0.3, -0.25) is 14.9 Å². The first-order valence-electron chi connectivity index (χ1n) is 7.70. The molecular formula is C16H22N2O5. The van der Waals surface area contributed by atoms with Crippen LogP contribution in [0, 0.1) is 15.5 Å². The molecule has 1 fully saturated rings. The number of carbonyl (C=O) groups is 1. The average molecular weight is 322 g/mol. The van der Waals surface area contributed by atoms with E-state index in [9.17, 15) is 20.0 Å². The highest BCUT2D eigenvalue weighted by atomic mass is 16.6. The fourth-order valence-electron chi connectivity index (χ4n) is 3.54. The van der Waals surface area contributed by atoms with Crippen molar-refractivity contribution in [2.75, 3.05) is 7.11 Å². The Bertz CT molecular complexity index is 612. The molecule has 0 saturated heterocycles. The first-order chi connectivity index (χ1) is 10.9. The molecule has 0 heterocycles. The van der Waals surface area contributed by atoms with Crippen molar-refractivity contribution in [1.82, 2.24) is 5.32 Å². The van der Waals surface area contributed by atoms with Crippen LogP contribution < -0.4 is 5.32 Å². The minimum absolute atomic E-state index is 0.00714. The van der Waals surface area contributed by atoms with Crippen molar-refractivity contribution in [2.24, 2.45) is 5.41 Å². The minimum Gasteiger partial charge on any atom is -0.502 e. The van der Waals surface area contributed by atoms with E-state index in [2.05, 4.69) is 19.2 Å². The van der Waals surface area contributed by atoms with E-state index in [-0.39, 0.29) is 29.0 Å². The Balaban J connectivity index is 2.14. The quantitative estimate of drug-likeness (QED) is 0.619. The fraction of sp³-hybridized carbons (Fsp3) is 0.562. The van der Waals surface area contributed by atoms with Crippen LogP contribution >= 0.6 is 0 Å². The number of ether oxygens (including phenoxy) is 1. The summed E-state index contributed by atoms with van der Waals surface area (Å²) in [5, 5.41) is 23.3. The van der Waals surface area contributed by atoms with Crippen molar-refractivity contribution in [3.8, 4) is 5.75 Å². The molecule has 23 heavy (non-hydrogen) atoms. The van der Waals surface area contributed by atoms with Gasteiger partial charge in [0.15, 0.2) is 5.75 Å². The molecule has 1 saturated carbocycles. The van der Waals surface area contributed by atoms with Crippen LogP contribution in [-0.4, -0.2) is 35.2 Å². The molecule has 1 aromatic carbocycles. The number of hydrogen-bond donors (Lipinski definition) is 2. The lowest BCUT2D eigenvalue weighted by Crippen LogP contribution is -2.64. The number of benzene rings is 1. The number of aromatic hydroxyl groups is 1. The number of amides is 1. The van der Waals surface area contributed by atoms with E-state index in [1.807, 2.05) is 0 Å². The van der Waals surface area contributed by atoms with Gasteiger partial charge in [0.05, 0.1) is 11.0 Å². The second-order valence-corrected chi connectivity index (χ2v) is 5.89. The van der Waals surface area contributed by atoms with E-state index in [1.54, 1.807) is 7.11 Å². The summed E-state index contributed by atoms with van der Waals surface area (Å²) < 4.78 is 5.50. The number of nitrogens with one attached hydrogen (secondary N) is 1. The van der Waals surface area contributed by atoms with Crippen molar-refractivity contribution in [3.63, 3.8) is 0 Å². The molecule has 0 aromatic heterocycles. The van der Waals surface area contributed by atoms with Crippen LogP contribution in [0.15, 0.2) is 18.2 Å². The van der Waals surface area contributed by atoms with Gasteiger partial charge in [-0.2, -0.15) is 0 Å². The molecule has 1 aromatic rings. The van der Waals surface area contributed by atoms with Crippen LogP contribution in [0.25, 0.3) is 0 Å². The van der Waals surface area contributed by atoms with E-state index in [0.29, 0.717) is 0 Å². The lowest BCUT2D eigenvalue weighted by Gasteiger charge is -2.55. The topological polar surface area (TPSA) is 102 Å². The molecule has 0 aliphatic heterocycles. The monoisotopic (exact) mass is 322 g/mol. The van der Waals surface area contributed by atoms with Gasteiger partial charge in [0.1, 0.15) is 0 Å². The Morgan fingerprint density at radius 2 is 2.13 bits per heavy atom. The summed E-state index contributed by atoms with van der Waals surface area (Å²) in [5.74, 6) is -0.857. The number of nitro groups is 1. The second-order valence-electron chi connectivity index (χ2n) is 5.89. The van der Waals surface area contributed by atoms with Crippen LogP contribution in [0.3, 0.4) is 0 Å². The highest BCUT2D eigenvalue weighted by Crippen LogP contribution is 2.48. The SMILES string of the molecule is CCC1(CC)[C@@H](NC(=O)c2ccc([N+](=O)[O-])c(O)c2)C[C@H]1OC. The molecule has 0 spiro atoms. The molecule has 7 heteroatoms. The molecule has 0 radical (unpaired) electrons. The van der Waals surface area contributed by atoms with E-state index in [1.165, 1.54) is 6.07 Å². The van der Waals surface area contributed by atoms with Crippen molar-refractivity contribution < 1.29 is 19.6 Å². The Morgan fingerprint density at radius 3 is 2.61 bits per heavy atom. The highest BCUT2D eigenvalue weighted by Gasteiger charge is 2.53. The van der Waals surface area contributed by atoms with Gasteiger partial charge in [-0.1, -0.05) is 13.8 Å². The maximum Gasteiger partial charge on any atom is 0.310 e. The number of hydrogen-bond acceptors (Lipinski definition) is 5. The maximum absolute atomic E-state index is 12.4. The molecule has 1 amide bonds. The third kappa shape index (κ3) is 2.88. The molecule has 1 aliphatic carbocycles. The number of phenolic OH excluding ortho intramolecular Hbond substituents is 1. The number of methoxy groups -OCH3 is 1. The molecule has 7 nitrogen and oxygen atoms in total. The molecule has 126 valence electrons. The molecule has 2 atom stereocenters. The van der Waals surface area contributed by atoms with Crippen LogP contribution in [0.2, 0.25) is 0 Å². The second kappa shape index (κ2) is 6.54. The first-order valence-corrected chi connectivity index (χ1v) is 7.70. The van der Waals surface area contributed by atoms with Gasteiger partial charge in [0.2, 0.25) is 0 Å². The molecule has 2 rings (SSSR count). The van der Waals surface area contributed by atoms with Crippen molar-refractivity contribution in [3.05, 3.63) is 33.9 Å². The van der Waals surface area contributed by atoms with Crippen LogP contribution in [0.5, 0.6) is 5.75 Å². The molecule has 2 N–H and O–H groups in total. The van der Waals surface area contributed by atoms with Gasteiger partial charge in [0, 0.05) is 30.2 Å². The number of rotatable bonds is 6. The van der Waals surface area contributed by atoms with Crippen molar-refractivity contribution in [1.29, 1.82) is 0 Å². The van der Waals surface area contributed by atoms with E-state index in [0.717, 1.165) is 31.4 Å². The lowest BCUT2D eigenvalue weighted by atomic mass is 9.58. The Kier molecular flexibility index (Phi) is 4.89. The standard InChI is InChI=1S/C16H22N2O5/c1-4-16(5-2)13(9-14(16)23-3)17-15(20)10-6-7-11(18(21)22)12(19)8-10/h6-8,13-14,19H,4-5,9H2,1-3H3,(H,17,20)/t13-,14+/m0/s1. The average Bonchev–Trinajstić information content (AvgIpc) is 2.51. The fourth-order valence-corrected chi connectivity index (χ4v) is 3.54. The summed E-state index contributed by atoms with van der Waals surface area (Å²) >= 11 is 0.